The summed E-state index contributed by atoms with van der Waals surface area (Å²) in [7, 11) is 0. The van der Waals surface area contributed by atoms with Crippen LogP contribution in [0.2, 0.25) is 0 Å². The average Bonchev–Trinajstić information content (AvgIpc) is 0. The van der Waals surface area contributed by atoms with Crippen molar-refractivity contribution in [2.24, 2.45) is 0 Å². The van der Waals surface area contributed by atoms with Crippen molar-refractivity contribution in [1.82, 2.24) is 0 Å². The molecule has 0 aromatic heterocycles. The molecule has 6 heavy (non-hydrogen) atoms. The van der Waals surface area contributed by atoms with Crippen LogP contribution in [0.5, 0.6) is 0 Å². The Balaban J connectivity index is 0. The molecule has 0 rings (SSSR count). The molecule has 0 amide bonds. The standard InChI is InChI=1S/4ClH.K.Ru.H/h4*1H;;;. The molecule has 0 N–H and O–H groups in total. The van der Waals surface area contributed by atoms with Crippen molar-refractivity contribution >= 4 is 101 Å². The largest absolute Gasteiger partial charge is 0 e. The number of rotatable bonds is 0. The van der Waals surface area contributed by atoms with Gasteiger partial charge in [-0.1, -0.05) is 0 Å². The first-order valence-corrected chi connectivity index (χ1v) is 0. The summed E-state index contributed by atoms with van der Waals surface area (Å²) in [4.78, 5) is 0. The van der Waals surface area contributed by atoms with E-state index in [1.165, 1.54) is 0 Å². The summed E-state index contributed by atoms with van der Waals surface area (Å²) in [6.07, 6.45) is 0. The zero-order valence-corrected chi connectivity index (χ0v) is 6.99. The van der Waals surface area contributed by atoms with Crippen LogP contribution in [0.3, 0.4) is 0 Å². The summed E-state index contributed by atoms with van der Waals surface area (Å²) in [5.74, 6) is 0. The molecule has 0 aliphatic rings. The second-order valence-corrected chi connectivity index (χ2v) is 0. The van der Waals surface area contributed by atoms with Crippen molar-refractivity contribution in [2.75, 3.05) is 0 Å². The van der Waals surface area contributed by atoms with Crippen LogP contribution in [0.25, 0.3) is 0 Å². The summed E-state index contributed by atoms with van der Waals surface area (Å²) in [5, 5.41) is 0. The Morgan fingerprint density at radius 3 is 0.500 bits per heavy atom. The van der Waals surface area contributed by atoms with Gasteiger partial charge in [-0.3, -0.25) is 0 Å². The van der Waals surface area contributed by atoms with Crippen molar-refractivity contribution in [2.45, 2.75) is 0 Å². The van der Waals surface area contributed by atoms with Crippen LogP contribution in [0, 0.1) is 0 Å². The van der Waals surface area contributed by atoms with Gasteiger partial charge in [0.05, 0.1) is 0 Å². The predicted molar refractivity (Wildman–Crippen MR) is 36.1 cm³/mol. The quantitative estimate of drug-likeness (QED) is 0.584. The fourth-order valence-corrected chi connectivity index (χ4v) is 0. The van der Waals surface area contributed by atoms with E-state index in [0.717, 1.165) is 0 Å². The molecule has 0 radical (unpaired) electrons. The minimum Gasteiger partial charge on any atom is 0 e. The predicted octanol–water partition coefficient (Wildman–Crippen LogP) is 1.04. The minimum atomic E-state index is 0. The molecular weight excluding hydrogens is 282 g/mol. The van der Waals surface area contributed by atoms with Crippen molar-refractivity contribution in [3.05, 3.63) is 0 Å². The Morgan fingerprint density at radius 1 is 0.500 bits per heavy atom. The van der Waals surface area contributed by atoms with E-state index in [1.54, 1.807) is 0 Å². The van der Waals surface area contributed by atoms with Crippen LogP contribution in [-0.4, -0.2) is 51.4 Å². The summed E-state index contributed by atoms with van der Waals surface area (Å²) >= 11 is 0. The van der Waals surface area contributed by atoms with Crippen LogP contribution in [-0.2, 0) is 19.5 Å². The van der Waals surface area contributed by atoms with E-state index < -0.39 is 0 Å². The molecule has 0 aliphatic carbocycles. The molecular formula is H5Cl4KRu. The van der Waals surface area contributed by atoms with E-state index >= 15 is 0 Å². The average molecular weight is 287 g/mol. The van der Waals surface area contributed by atoms with Gasteiger partial charge in [0.25, 0.3) is 0 Å². The molecule has 0 saturated heterocycles. The normalized spacial score (nSPS) is 0. The maximum atomic E-state index is 0. The monoisotopic (exact) mass is 286 g/mol. The maximum absolute atomic E-state index is 0. The maximum Gasteiger partial charge on any atom is 0 e. The van der Waals surface area contributed by atoms with E-state index in [-0.39, 0.29) is 120 Å². The second-order valence-electron chi connectivity index (χ2n) is 0. The Hall–Kier alpha value is 3.42. The first kappa shape index (κ1) is 57.1. The second kappa shape index (κ2) is 39.6. The number of hydrogen-bond donors (Lipinski definition) is 0. The fourth-order valence-electron chi connectivity index (χ4n) is 0. The van der Waals surface area contributed by atoms with Crippen LogP contribution in [0.15, 0.2) is 0 Å². The zero-order chi connectivity index (χ0) is 0. The van der Waals surface area contributed by atoms with Gasteiger partial charge < -0.3 is 0 Å². The molecule has 0 unspecified atom stereocenters. The topological polar surface area (TPSA) is 0 Å². The van der Waals surface area contributed by atoms with Crippen LogP contribution >= 0.6 is 49.6 Å². The molecule has 42 valence electrons. The summed E-state index contributed by atoms with van der Waals surface area (Å²) in [5.41, 5.74) is 0. The van der Waals surface area contributed by atoms with Gasteiger partial charge in [-0.05, 0) is 0 Å². The number of halogens is 4. The van der Waals surface area contributed by atoms with Gasteiger partial charge in [0.15, 0.2) is 0 Å². The Labute approximate surface area is 118 Å². The molecule has 0 aromatic rings. The summed E-state index contributed by atoms with van der Waals surface area (Å²) in [6.45, 7) is 0. The van der Waals surface area contributed by atoms with Crippen LogP contribution in [0.4, 0.5) is 0 Å². The molecule has 0 spiro atoms. The van der Waals surface area contributed by atoms with Gasteiger partial charge in [-0.25, -0.2) is 0 Å². The van der Waals surface area contributed by atoms with E-state index in [9.17, 15) is 0 Å². The van der Waals surface area contributed by atoms with Crippen LogP contribution in [0.1, 0.15) is 0 Å². The molecule has 0 aromatic carbocycles. The molecule has 0 nitrogen and oxygen atoms in total. The van der Waals surface area contributed by atoms with Crippen molar-refractivity contribution in [1.29, 1.82) is 0 Å². The molecule has 0 heterocycles. The van der Waals surface area contributed by atoms with Gasteiger partial charge in [0, 0.05) is 19.5 Å². The zero-order valence-electron chi connectivity index (χ0n) is 1.99. The van der Waals surface area contributed by atoms with E-state index in [2.05, 4.69) is 0 Å². The van der Waals surface area contributed by atoms with Crippen molar-refractivity contribution < 1.29 is 19.5 Å². The molecule has 6 heteroatoms. The summed E-state index contributed by atoms with van der Waals surface area (Å²) < 4.78 is 0. The van der Waals surface area contributed by atoms with E-state index in [0.29, 0.717) is 0 Å². The van der Waals surface area contributed by atoms with Crippen molar-refractivity contribution in [3.8, 4) is 0 Å². The first-order valence-electron chi connectivity index (χ1n) is 0. The third kappa shape index (κ3) is 26.1. The van der Waals surface area contributed by atoms with Gasteiger partial charge in [0.1, 0.15) is 0 Å². The third-order valence-corrected chi connectivity index (χ3v) is 0. The van der Waals surface area contributed by atoms with Crippen molar-refractivity contribution in [3.63, 3.8) is 0 Å². The minimum absolute atomic E-state index is 0. The Morgan fingerprint density at radius 2 is 0.500 bits per heavy atom. The number of hydrogen-bond acceptors (Lipinski definition) is 0. The smallest absolute Gasteiger partial charge is 0 e. The molecule has 0 aliphatic heterocycles. The molecule has 0 fully saturated rings. The van der Waals surface area contributed by atoms with Gasteiger partial charge in [-0.15, -0.1) is 49.6 Å². The van der Waals surface area contributed by atoms with Gasteiger partial charge in [-0.2, -0.15) is 0 Å². The SMILES string of the molecule is Cl.Cl.Cl.Cl.[KH].[Ru]. The Kier molecular flexibility index (Phi) is 377. The van der Waals surface area contributed by atoms with E-state index in [4.69, 9.17) is 0 Å². The first-order chi connectivity index (χ1) is 0. The fraction of sp³-hybridized carbons (Fsp3) is 0. The van der Waals surface area contributed by atoms with Crippen LogP contribution < -0.4 is 0 Å². The van der Waals surface area contributed by atoms with E-state index in [1.807, 2.05) is 0 Å². The van der Waals surface area contributed by atoms with Gasteiger partial charge >= 0.3 is 51.4 Å². The molecule has 0 atom stereocenters. The molecule has 0 bridgehead atoms. The summed E-state index contributed by atoms with van der Waals surface area (Å²) in [6, 6.07) is 0. The van der Waals surface area contributed by atoms with Gasteiger partial charge in [0.2, 0.25) is 0 Å². The molecule has 0 saturated carbocycles. The third-order valence-electron chi connectivity index (χ3n) is 0. The Bertz CT molecular complexity index is 7.51.